The molecule has 0 aliphatic rings. The quantitative estimate of drug-likeness (QED) is 0.845. The smallest absolute Gasteiger partial charge is 0.478 e. The normalized spacial score (nSPS) is 11.4. The lowest BCUT2D eigenvalue weighted by Crippen LogP contribution is -2.13. The third kappa shape index (κ3) is 3.94. The van der Waals surface area contributed by atoms with E-state index in [4.69, 9.17) is 5.11 Å². The summed E-state index contributed by atoms with van der Waals surface area (Å²) in [5, 5.41) is 8.48. The van der Waals surface area contributed by atoms with Gasteiger partial charge >= 0.3 is 12.3 Å². The minimum Gasteiger partial charge on any atom is -0.478 e. The molecule has 7 heteroatoms. The van der Waals surface area contributed by atoms with Crippen molar-refractivity contribution in [2.24, 2.45) is 0 Å². The summed E-state index contributed by atoms with van der Waals surface area (Å²) in [5.41, 5.74) is -0.0805. The van der Waals surface area contributed by atoms with Crippen molar-refractivity contribution in [1.82, 2.24) is 4.98 Å². The second-order valence-corrected chi connectivity index (χ2v) is 2.58. The molecule has 4 nitrogen and oxygen atoms in total. The first kappa shape index (κ1) is 11.4. The van der Waals surface area contributed by atoms with Crippen molar-refractivity contribution in [1.29, 1.82) is 0 Å². The summed E-state index contributed by atoms with van der Waals surface area (Å²) in [4.78, 5) is 13.9. The minimum atomic E-state index is -4.72. The van der Waals surface area contributed by atoms with E-state index in [0.717, 1.165) is 18.3 Å². The Morgan fingerprint density at radius 3 is 2.53 bits per heavy atom. The van der Waals surface area contributed by atoms with E-state index in [-0.39, 0.29) is 11.3 Å². The first-order valence-electron chi connectivity index (χ1n) is 3.77. The van der Waals surface area contributed by atoms with Gasteiger partial charge in [-0.3, -0.25) is 9.72 Å². The molecule has 1 rings (SSSR count). The molecule has 1 aromatic heterocycles. The fraction of sp³-hybridized carbons (Fsp3) is 0.250. The van der Waals surface area contributed by atoms with Crippen LogP contribution in [0.25, 0.3) is 0 Å². The summed E-state index contributed by atoms with van der Waals surface area (Å²) < 4.78 is 38.3. The third-order valence-electron chi connectivity index (χ3n) is 1.46. The molecule has 0 fully saturated rings. The van der Waals surface area contributed by atoms with Crippen LogP contribution in [0.5, 0.6) is 0 Å². The van der Waals surface area contributed by atoms with Gasteiger partial charge in [-0.15, -0.1) is 13.2 Å². The predicted molar refractivity (Wildman–Crippen MR) is 42.0 cm³/mol. The maximum absolute atomic E-state index is 11.6. The van der Waals surface area contributed by atoms with Crippen LogP contribution in [0.3, 0.4) is 0 Å². The van der Waals surface area contributed by atoms with E-state index < -0.39 is 18.9 Å². The van der Waals surface area contributed by atoms with E-state index >= 15 is 0 Å². The lowest BCUT2D eigenvalue weighted by atomic mass is 10.2. The van der Waals surface area contributed by atoms with Gasteiger partial charge in [-0.05, 0) is 12.1 Å². The fourth-order valence-corrected chi connectivity index (χ4v) is 0.792. The maximum Gasteiger partial charge on any atom is 0.522 e. The van der Waals surface area contributed by atoms with Crippen LogP contribution >= 0.6 is 0 Å². The van der Waals surface area contributed by atoms with Gasteiger partial charge in [0.1, 0.15) is 0 Å². The van der Waals surface area contributed by atoms with Gasteiger partial charge in [-0.25, -0.2) is 4.79 Å². The monoisotopic (exact) mass is 221 g/mol. The number of nitrogens with zero attached hydrogens (tertiary/aromatic N) is 1. The van der Waals surface area contributed by atoms with Crippen LogP contribution in [0.15, 0.2) is 18.3 Å². The van der Waals surface area contributed by atoms with E-state index in [1.807, 2.05) is 0 Å². The van der Waals surface area contributed by atoms with Crippen LogP contribution in [0.2, 0.25) is 0 Å². The standard InChI is InChI=1S/C8H6F3NO3/c9-8(10,11)15-4-6-2-1-5(3-12-6)7(13)14/h1-3H,4H2,(H,13,14). The van der Waals surface area contributed by atoms with Gasteiger partial charge in [0.25, 0.3) is 0 Å². The van der Waals surface area contributed by atoms with Gasteiger partial charge in [-0.1, -0.05) is 0 Å². The van der Waals surface area contributed by atoms with Crippen LogP contribution < -0.4 is 0 Å². The Morgan fingerprint density at radius 2 is 2.13 bits per heavy atom. The molecule has 1 heterocycles. The first-order chi connectivity index (χ1) is 6.88. The zero-order valence-corrected chi connectivity index (χ0v) is 7.28. The summed E-state index contributed by atoms with van der Waals surface area (Å²) in [5.74, 6) is -1.19. The lowest BCUT2D eigenvalue weighted by Gasteiger charge is -2.06. The van der Waals surface area contributed by atoms with Crippen molar-refractivity contribution in [3.8, 4) is 0 Å². The molecule has 0 aliphatic carbocycles. The van der Waals surface area contributed by atoms with Crippen molar-refractivity contribution < 1.29 is 27.8 Å². The van der Waals surface area contributed by atoms with Gasteiger partial charge in [-0.2, -0.15) is 0 Å². The van der Waals surface area contributed by atoms with Gasteiger partial charge in [0.05, 0.1) is 17.9 Å². The highest BCUT2D eigenvalue weighted by Gasteiger charge is 2.29. The molecule has 0 saturated carbocycles. The van der Waals surface area contributed by atoms with Crippen LogP contribution in [0, 0.1) is 0 Å². The highest BCUT2D eigenvalue weighted by molar-refractivity contribution is 5.87. The first-order valence-corrected chi connectivity index (χ1v) is 3.77. The number of aromatic nitrogens is 1. The Hall–Kier alpha value is -1.63. The van der Waals surface area contributed by atoms with E-state index in [1.54, 1.807) is 0 Å². The van der Waals surface area contributed by atoms with Crippen LogP contribution in [0.4, 0.5) is 13.2 Å². The SMILES string of the molecule is O=C(O)c1ccc(COC(F)(F)F)nc1. The average molecular weight is 221 g/mol. The summed E-state index contributed by atoms with van der Waals surface area (Å²) in [6, 6.07) is 2.32. The summed E-state index contributed by atoms with van der Waals surface area (Å²) in [6.45, 7) is -0.733. The Balaban J connectivity index is 2.61. The number of hydrogen-bond acceptors (Lipinski definition) is 3. The third-order valence-corrected chi connectivity index (χ3v) is 1.46. The Labute approximate surface area is 82.3 Å². The highest BCUT2D eigenvalue weighted by Crippen LogP contribution is 2.18. The molecule has 0 aromatic carbocycles. The summed E-state index contributed by atoms with van der Waals surface area (Å²) in [6.07, 6.45) is -3.75. The number of aromatic carboxylic acids is 1. The molecule has 0 bridgehead atoms. The van der Waals surface area contributed by atoms with Crippen molar-refractivity contribution in [3.05, 3.63) is 29.6 Å². The predicted octanol–water partition coefficient (Wildman–Crippen LogP) is 1.82. The van der Waals surface area contributed by atoms with Crippen molar-refractivity contribution in [2.75, 3.05) is 0 Å². The van der Waals surface area contributed by atoms with Gasteiger partial charge in [0, 0.05) is 6.20 Å². The van der Waals surface area contributed by atoms with Crippen molar-refractivity contribution in [3.63, 3.8) is 0 Å². The molecule has 0 saturated heterocycles. The van der Waals surface area contributed by atoms with Crippen LogP contribution in [0.1, 0.15) is 16.1 Å². The zero-order chi connectivity index (χ0) is 11.5. The topological polar surface area (TPSA) is 59.4 Å². The second kappa shape index (κ2) is 4.26. The minimum absolute atomic E-state index is 0.0114. The Kier molecular flexibility index (Phi) is 3.25. The highest BCUT2D eigenvalue weighted by atomic mass is 19.4. The van der Waals surface area contributed by atoms with E-state index in [0.29, 0.717) is 0 Å². The number of halogens is 3. The number of pyridine rings is 1. The molecule has 0 atom stereocenters. The Bertz CT molecular complexity index is 347. The van der Waals surface area contributed by atoms with Gasteiger partial charge in [0.2, 0.25) is 0 Å². The van der Waals surface area contributed by atoms with Gasteiger partial charge < -0.3 is 5.11 Å². The van der Waals surface area contributed by atoms with E-state index in [9.17, 15) is 18.0 Å². The number of hydrogen-bond donors (Lipinski definition) is 1. The van der Waals surface area contributed by atoms with Crippen molar-refractivity contribution in [2.45, 2.75) is 13.0 Å². The average Bonchev–Trinajstić information content (AvgIpc) is 2.14. The molecule has 0 aliphatic heterocycles. The maximum atomic E-state index is 11.6. The van der Waals surface area contributed by atoms with Gasteiger partial charge in [0.15, 0.2) is 0 Å². The van der Waals surface area contributed by atoms with E-state index in [1.165, 1.54) is 0 Å². The van der Waals surface area contributed by atoms with Crippen LogP contribution in [-0.4, -0.2) is 22.4 Å². The number of ether oxygens (including phenoxy) is 1. The number of carbonyl (C=O) groups is 1. The fourth-order valence-electron chi connectivity index (χ4n) is 0.792. The summed E-state index contributed by atoms with van der Waals surface area (Å²) >= 11 is 0. The Morgan fingerprint density at radius 1 is 1.47 bits per heavy atom. The van der Waals surface area contributed by atoms with Crippen molar-refractivity contribution >= 4 is 5.97 Å². The number of rotatable bonds is 3. The number of alkyl halides is 3. The molecule has 0 unspecified atom stereocenters. The lowest BCUT2D eigenvalue weighted by molar-refractivity contribution is -0.330. The molecular weight excluding hydrogens is 215 g/mol. The zero-order valence-electron chi connectivity index (χ0n) is 7.28. The van der Waals surface area contributed by atoms with Crippen LogP contribution in [-0.2, 0) is 11.3 Å². The molecule has 0 spiro atoms. The van der Waals surface area contributed by atoms with E-state index in [2.05, 4.69) is 9.72 Å². The summed E-state index contributed by atoms with van der Waals surface area (Å²) in [7, 11) is 0. The number of carboxylic acid groups (broad SMARTS) is 1. The molecule has 1 aromatic rings. The second-order valence-electron chi connectivity index (χ2n) is 2.58. The molecule has 0 radical (unpaired) electrons. The molecule has 1 N–H and O–H groups in total. The molecular formula is C8H6F3NO3. The molecule has 15 heavy (non-hydrogen) atoms. The number of carboxylic acids is 1. The largest absolute Gasteiger partial charge is 0.522 e. The molecule has 82 valence electrons. The molecule has 0 amide bonds.